The Kier molecular flexibility index (Phi) is 4.47. The Hall–Kier alpha value is -0.263. The zero-order valence-electron chi connectivity index (χ0n) is 7.94. The fraction of sp³-hybridized carbons (Fsp3) is 0.778. The first-order valence-corrected chi connectivity index (χ1v) is 7.43. The van der Waals surface area contributed by atoms with Crippen LogP contribution in [0.1, 0.15) is 20.3 Å². The second kappa shape index (κ2) is 4.58. The highest BCUT2D eigenvalue weighted by Gasteiger charge is 2.13. The molecule has 64 valence electrons. The van der Waals surface area contributed by atoms with Crippen molar-refractivity contribution in [3.8, 4) is 11.5 Å². The molecule has 0 radical (unpaired) electrons. The molecule has 0 fully saturated rings. The Labute approximate surface area is 70.8 Å². The first-order valence-electron chi connectivity index (χ1n) is 4.22. The highest BCUT2D eigenvalue weighted by atomic mass is 28.3. The summed E-state index contributed by atoms with van der Waals surface area (Å²) >= 11 is 0. The van der Waals surface area contributed by atoms with Gasteiger partial charge in [-0.3, -0.25) is 0 Å². The van der Waals surface area contributed by atoms with E-state index in [2.05, 4.69) is 31.5 Å². The van der Waals surface area contributed by atoms with E-state index in [0.29, 0.717) is 0 Å². The van der Waals surface area contributed by atoms with Gasteiger partial charge in [0.05, 0.1) is 0 Å². The van der Waals surface area contributed by atoms with Crippen LogP contribution >= 0.6 is 0 Å². The predicted octanol–water partition coefficient (Wildman–Crippen LogP) is 2.03. The molecule has 0 aromatic carbocycles. The van der Waals surface area contributed by atoms with Crippen molar-refractivity contribution in [2.75, 3.05) is 0 Å². The summed E-state index contributed by atoms with van der Waals surface area (Å²) in [5.74, 6) is 2.89. The molecular weight excluding hydrogens is 152 g/mol. The quantitative estimate of drug-likeness (QED) is 0.496. The van der Waals surface area contributed by atoms with Crippen molar-refractivity contribution < 1.29 is 5.11 Å². The molecule has 1 nitrogen and oxygen atoms in total. The number of aliphatic hydroxyl groups excluding tert-OH is 1. The van der Waals surface area contributed by atoms with Gasteiger partial charge in [0.1, 0.15) is 14.2 Å². The molecule has 0 saturated heterocycles. The maximum Gasteiger partial charge on any atom is 0.132 e. The topological polar surface area (TPSA) is 20.2 Å². The van der Waals surface area contributed by atoms with Crippen molar-refractivity contribution in [1.29, 1.82) is 0 Å². The summed E-state index contributed by atoms with van der Waals surface area (Å²) in [6.07, 6.45) is 0.328. The van der Waals surface area contributed by atoms with Crippen LogP contribution in [0.15, 0.2) is 0 Å². The molecule has 11 heavy (non-hydrogen) atoms. The monoisotopic (exact) mass is 170 g/mol. The second-order valence-corrected chi connectivity index (χ2v) is 8.16. The molecular formula is C9H18OSi. The molecule has 2 heteroatoms. The Bertz CT molecular complexity index is 164. The molecule has 0 aliphatic carbocycles. The number of aliphatic hydroxyl groups is 1. The van der Waals surface area contributed by atoms with Gasteiger partial charge < -0.3 is 5.11 Å². The molecule has 0 aliphatic heterocycles. The van der Waals surface area contributed by atoms with E-state index in [1.165, 1.54) is 0 Å². The van der Waals surface area contributed by atoms with Gasteiger partial charge >= 0.3 is 0 Å². The first kappa shape index (κ1) is 10.7. The molecule has 1 N–H and O–H groups in total. The Morgan fingerprint density at radius 3 is 2.27 bits per heavy atom. The summed E-state index contributed by atoms with van der Waals surface area (Å²) in [6.45, 7) is 8.56. The summed E-state index contributed by atoms with van der Waals surface area (Å²) in [7, 11) is -1.28. The van der Waals surface area contributed by atoms with Gasteiger partial charge in [0, 0.05) is 0 Å². The molecule has 0 amide bonds. The van der Waals surface area contributed by atoms with Crippen LogP contribution in [0.4, 0.5) is 0 Å². The van der Waals surface area contributed by atoms with Gasteiger partial charge in [0.2, 0.25) is 0 Å². The minimum atomic E-state index is -1.28. The molecule has 0 aliphatic rings. The van der Waals surface area contributed by atoms with E-state index in [4.69, 9.17) is 5.11 Å². The third-order valence-corrected chi connectivity index (χ3v) is 4.44. The van der Waals surface area contributed by atoms with Crippen molar-refractivity contribution in [1.82, 2.24) is 0 Å². The minimum Gasteiger partial charge on any atom is -0.380 e. The van der Waals surface area contributed by atoms with Crippen LogP contribution in [0.25, 0.3) is 0 Å². The largest absolute Gasteiger partial charge is 0.380 e. The molecule has 0 saturated carbocycles. The summed E-state index contributed by atoms with van der Waals surface area (Å²) in [5, 5.41) is 9.17. The van der Waals surface area contributed by atoms with Gasteiger partial charge in [-0.15, -0.1) is 5.54 Å². The molecule has 0 heterocycles. The summed E-state index contributed by atoms with van der Waals surface area (Å²) in [6, 6.07) is 1.16. The maximum atomic E-state index is 9.17. The normalized spacial score (nSPS) is 13.5. The lowest BCUT2D eigenvalue weighted by atomic mass is 10.3. The molecule has 0 aromatic rings. The number of hydrogen-bond acceptors (Lipinski definition) is 1. The van der Waals surface area contributed by atoms with Crippen LogP contribution in [0.2, 0.25) is 19.1 Å². The molecule has 1 atom stereocenters. The molecule has 0 rings (SSSR count). The Morgan fingerprint density at radius 1 is 1.36 bits per heavy atom. The molecule has 0 aromatic heterocycles. The van der Waals surface area contributed by atoms with Gasteiger partial charge in [-0.1, -0.05) is 32.9 Å². The fourth-order valence-corrected chi connectivity index (χ4v) is 1.20. The van der Waals surface area contributed by atoms with Crippen LogP contribution in [0, 0.1) is 11.5 Å². The smallest absolute Gasteiger partial charge is 0.132 e. The van der Waals surface area contributed by atoms with Gasteiger partial charge in [-0.2, -0.15) is 0 Å². The Balaban J connectivity index is 4.05. The van der Waals surface area contributed by atoms with E-state index in [1.807, 2.05) is 6.92 Å². The Morgan fingerprint density at radius 2 is 1.91 bits per heavy atom. The lowest BCUT2D eigenvalue weighted by Crippen LogP contribution is -2.22. The van der Waals surface area contributed by atoms with Crippen LogP contribution in [0.5, 0.6) is 0 Å². The van der Waals surface area contributed by atoms with Crippen molar-refractivity contribution in [3.05, 3.63) is 0 Å². The zero-order valence-corrected chi connectivity index (χ0v) is 8.94. The van der Waals surface area contributed by atoms with E-state index in [0.717, 1.165) is 12.5 Å². The summed E-state index contributed by atoms with van der Waals surface area (Å²) in [5.41, 5.74) is 3.20. The number of hydrogen-bond donors (Lipinski definition) is 1. The van der Waals surface area contributed by atoms with Gasteiger partial charge in [0.25, 0.3) is 0 Å². The van der Waals surface area contributed by atoms with Crippen LogP contribution in [-0.2, 0) is 0 Å². The van der Waals surface area contributed by atoms with Crippen molar-refractivity contribution in [2.24, 2.45) is 0 Å². The SMILES string of the molecule is CCC(O)C#C[Si](C)(C)CC. The van der Waals surface area contributed by atoms with E-state index in [-0.39, 0.29) is 0 Å². The minimum absolute atomic E-state index is 0.409. The van der Waals surface area contributed by atoms with Crippen LogP contribution < -0.4 is 0 Å². The highest BCUT2D eigenvalue weighted by Crippen LogP contribution is 2.05. The summed E-state index contributed by atoms with van der Waals surface area (Å²) in [4.78, 5) is 0. The number of rotatable bonds is 2. The van der Waals surface area contributed by atoms with Gasteiger partial charge in [-0.25, -0.2) is 0 Å². The van der Waals surface area contributed by atoms with E-state index >= 15 is 0 Å². The summed E-state index contributed by atoms with van der Waals surface area (Å²) < 4.78 is 0. The third-order valence-electron chi connectivity index (χ3n) is 1.85. The van der Waals surface area contributed by atoms with E-state index < -0.39 is 14.2 Å². The maximum absolute atomic E-state index is 9.17. The molecule has 0 spiro atoms. The van der Waals surface area contributed by atoms with Gasteiger partial charge in [-0.05, 0) is 12.5 Å². The molecule has 0 bridgehead atoms. The first-order chi connectivity index (χ1) is 5.02. The standard InChI is InChI=1S/C9H18OSi/c1-5-9(10)7-8-11(3,4)6-2/h9-10H,5-6H2,1-4H3. The van der Waals surface area contributed by atoms with Crippen molar-refractivity contribution >= 4 is 8.07 Å². The fourth-order valence-electron chi connectivity index (χ4n) is 0.469. The average Bonchev–Trinajstić information content (AvgIpc) is 2.00. The van der Waals surface area contributed by atoms with Crippen LogP contribution in [0.3, 0.4) is 0 Å². The second-order valence-electron chi connectivity index (χ2n) is 3.43. The zero-order chi connectivity index (χ0) is 8.91. The van der Waals surface area contributed by atoms with E-state index in [9.17, 15) is 0 Å². The van der Waals surface area contributed by atoms with Gasteiger partial charge in [0.15, 0.2) is 0 Å². The predicted molar refractivity (Wildman–Crippen MR) is 52.0 cm³/mol. The third kappa shape index (κ3) is 5.06. The van der Waals surface area contributed by atoms with Crippen molar-refractivity contribution in [3.63, 3.8) is 0 Å². The average molecular weight is 170 g/mol. The van der Waals surface area contributed by atoms with Crippen molar-refractivity contribution in [2.45, 2.75) is 45.5 Å². The molecule has 1 unspecified atom stereocenters. The lowest BCUT2D eigenvalue weighted by Gasteiger charge is -2.10. The lowest BCUT2D eigenvalue weighted by molar-refractivity contribution is 0.228. The van der Waals surface area contributed by atoms with E-state index in [1.54, 1.807) is 0 Å². The highest BCUT2D eigenvalue weighted by molar-refractivity contribution is 6.85. The van der Waals surface area contributed by atoms with Crippen LogP contribution in [-0.4, -0.2) is 19.3 Å².